The van der Waals surface area contributed by atoms with Crippen molar-refractivity contribution in [3.05, 3.63) is 42.2 Å². The zero-order valence-electron chi connectivity index (χ0n) is 12.6. The van der Waals surface area contributed by atoms with Crippen LogP contribution in [-0.4, -0.2) is 16.7 Å². The van der Waals surface area contributed by atoms with Crippen molar-refractivity contribution in [1.29, 1.82) is 0 Å². The number of rotatable bonds is 1. The summed E-state index contributed by atoms with van der Waals surface area (Å²) in [5, 5.41) is 12.3. The Morgan fingerprint density at radius 3 is 2.95 bits per heavy atom. The summed E-state index contributed by atoms with van der Waals surface area (Å²) >= 11 is 0. The average Bonchev–Trinajstić information content (AvgIpc) is 2.94. The van der Waals surface area contributed by atoms with E-state index < -0.39 is 0 Å². The molecule has 1 saturated carbocycles. The summed E-state index contributed by atoms with van der Waals surface area (Å²) in [6.45, 7) is 0.347. The van der Waals surface area contributed by atoms with Crippen LogP contribution in [0, 0.1) is 11.8 Å². The van der Waals surface area contributed by atoms with Gasteiger partial charge in [-0.2, -0.15) is 4.57 Å². The van der Waals surface area contributed by atoms with E-state index in [1.165, 1.54) is 46.8 Å². The zero-order valence-corrected chi connectivity index (χ0v) is 12.6. The summed E-state index contributed by atoms with van der Waals surface area (Å²) in [5.74, 6) is 1.13. The molecule has 1 aromatic carbocycles. The van der Waals surface area contributed by atoms with Crippen molar-refractivity contribution >= 4 is 21.8 Å². The number of para-hydroxylation sites is 1. The van der Waals surface area contributed by atoms with Crippen LogP contribution in [0.2, 0.25) is 0 Å². The van der Waals surface area contributed by atoms with Crippen LogP contribution in [0.3, 0.4) is 0 Å². The molecule has 3 heteroatoms. The van der Waals surface area contributed by atoms with Crippen molar-refractivity contribution in [2.75, 3.05) is 6.61 Å². The first-order valence-electron chi connectivity index (χ1n) is 8.39. The van der Waals surface area contributed by atoms with E-state index in [1.807, 2.05) is 0 Å². The van der Waals surface area contributed by atoms with Crippen molar-refractivity contribution in [2.24, 2.45) is 11.8 Å². The molecule has 22 heavy (non-hydrogen) atoms. The number of aromatic nitrogens is 2. The standard InChI is InChI=1S/C19H20N2O/c22-11-12-5-6-14-9-13(12)10-18-19-16(7-8-21(14)18)15-3-1-2-4-17(15)20-19/h1-4,7-8,12-14,22H,5-6,9-11H2/p+1/t12-,13?,14?/m0/s1. The first-order valence-corrected chi connectivity index (χ1v) is 8.39. The van der Waals surface area contributed by atoms with Crippen LogP contribution in [0.5, 0.6) is 0 Å². The number of H-pyrrole nitrogens is 1. The number of nitrogens with zero attached hydrogens (tertiary/aromatic N) is 1. The Balaban J connectivity index is 1.75. The molecule has 0 amide bonds. The summed E-state index contributed by atoms with van der Waals surface area (Å²) in [7, 11) is 0. The van der Waals surface area contributed by atoms with Gasteiger partial charge in [0.15, 0.2) is 12.2 Å². The topological polar surface area (TPSA) is 39.9 Å². The third-order valence-electron chi connectivity index (χ3n) is 5.94. The number of aliphatic hydroxyl groups excluding tert-OH is 1. The molecular formula is C19H21N2O+. The van der Waals surface area contributed by atoms with Gasteiger partial charge in [0.2, 0.25) is 5.69 Å². The van der Waals surface area contributed by atoms with Gasteiger partial charge in [-0.1, -0.05) is 18.2 Å². The lowest BCUT2D eigenvalue weighted by atomic mass is 9.72. The van der Waals surface area contributed by atoms with Crippen molar-refractivity contribution in [3.63, 3.8) is 0 Å². The van der Waals surface area contributed by atoms with Crippen LogP contribution in [0.25, 0.3) is 21.8 Å². The van der Waals surface area contributed by atoms with Gasteiger partial charge in [-0.25, -0.2) is 0 Å². The number of benzene rings is 1. The minimum Gasteiger partial charge on any atom is -0.396 e. The molecule has 0 saturated heterocycles. The van der Waals surface area contributed by atoms with Gasteiger partial charge in [0.25, 0.3) is 0 Å². The second kappa shape index (κ2) is 4.56. The monoisotopic (exact) mass is 293 g/mol. The number of aromatic amines is 1. The molecule has 1 aliphatic heterocycles. The van der Waals surface area contributed by atoms with Gasteiger partial charge in [-0.15, -0.1) is 0 Å². The van der Waals surface area contributed by atoms with Gasteiger partial charge >= 0.3 is 0 Å². The lowest BCUT2D eigenvalue weighted by molar-refractivity contribution is -0.739. The predicted octanol–water partition coefficient (Wildman–Crippen LogP) is 3.11. The summed E-state index contributed by atoms with van der Waals surface area (Å²) in [5.41, 5.74) is 3.96. The van der Waals surface area contributed by atoms with Gasteiger partial charge in [-0.05, 0) is 24.3 Å². The molecule has 3 atom stereocenters. The number of aliphatic hydroxyl groups is 1. The number of nitrogens with one attached hydrogen (secondary N) is 1. The molecule has 3 nitrogen and oxygen atoms in total. The van der Waals surface area contributed by atoms with Gasteiger partial charge in [0.1, 0.15) is 5.52 Å². The predicted molar refractivity (Wildman–Crippen MR) is 86.7 cm³/mol. The van der Waals surface area contributed by atoms with Gasteiger partial charge in [-0.3, -0.25) is 0 Å². The molecule has 5 rings (SSSR count). The SMILES string of the molecule is OC[C@@H]1CCC2CC1Cc1c3[nH]c4ccccc4c3cc[n+]12. The second-order valence-corrected chi connectivity index (χ2v) is 7.00. The quantitative estimate of drug-likeness (QED) is 0.665. The Morgan fingerprint density at radius 2 is 2.05 bits per heavy atom. The maximum atomic E-state index is 9.66. The highest BCUT2D eigenvalue weighted by Gasteiger charge is 2.42. The van der Waals surface area contributed by atoms with Crippen LogP contribution in [0.15, 0.2) is 36.5 Å². The Kier molecular flexibility index (Phi) is 2.62. The summed E-state index contributed by atoms with van der Waals surface area (Å²) in [6, 6.07) is 11.5. The molecule has 0 spiro atoms. The highest BCUT2D eigenvalue weighted by molar-refractivity contribution is 6.07. The summed E-state index contributed by atoms with van der Waals surface area (Å²) in [6.07, 6.45) is 6.98. The number of pyridine rings is 1. The van der Waals surface area contributed by atoms with E-state index >= 15 is 0 Å². The molecule has 1 aliphatic carbocycles. The molecule has 0 radical (unpaired) electrons. The highest BCUT2D eigenvalue weighted by atomic mass is 16.3. The number of hydrogen-bond acceptors (Lipinski definition) is 1. The van der Waals surface area contributed by atoms with Crippen LogP contribution >= 0.6 is 0 Å². The average molecular weight is 293 g/mol. The fourth-order valence-corrected chi connectivity index (χ4v) is 4.78. The molecule has 2 unspecified atom stereocenters. The first-order chi connectivity index (χ1) is 10.8. The third kappa shape index (κ3) is 1.63. The van der Waals surface area contributed by atoms with Crippen LogP contribution in [0.1, 0.15) is 31.0 Å². The normalized spacial score (nSPS) is 27.2. The van der Waals surface area contributed by atoms with Crippen LogP contribution in [-0.2, 0) is 6.42 Å². The molecule has 2 aromatic heterocycles. The fourth-order valence-electron chi connectivity index (χ4n) is 4.78. The maximum absolute atomic E-state index is 9.66. The molecule has 112 valence electrons. The zero-order chi connectivity index (χ0) is 14.7. The Hall–Kier alpha value is -1.87. The van der Waals surface area contributed by atoms with Crippen molar-refractivity contribution in [3.8, 4) is 0 Å². The first kappa shape index (κ1) is 12.7. The van der Waals surface area contributed by atoms with E-state index in [2.05, 4.69) is 46.1 Å². The Morgan fingerprint density at radius 1 is 1.14 bits per heavy atom. The second-order valence-electron chi connectivity index (χ2n) is 7.00. The molecular weight excluding hydrogens is 272 g/mol. The van der Waals surface area contributed by atoms with Gasteiger partial charge < -0.3 is 10.1 Å². The minimum absolute atomic E-state index is 0.347. The van der Waals surface area contributed by atoms with Crippen LogP contribution in [0.4, 0.5) is 0 Å². The lowest BCUT2D eigenvalue weighted by Crippen LogP contribution is -2.52. The van der Waals surface area contributed by atoms with Crippen LogP contribution < -0.4 is 4.57 Å². The molecule has 3 heterocycles. The maximum Gasteiger partial charge on any atom is 0.206 e. The summed E-state index contributed by atoms with van der Waals surface area (Å²) < 4.78 is 2.50. The molecule has 1 fully saturated rings. The molecule has 2 aliphatic rings. The number of fused-ring (bicyclic) bond motifs is 8. The Bertz CT molecular complexity index is 866. The molecule has 3 aromatic rings. The molecule has 2 bridgehead atoms. The largest absolute Gasteiger partial charge is 0.396 e. The van der Waals surface area contributed by atoms with E-state index in [9.17, 15) is 5.11 Å². The van der Waals surface area contributed by atoms with E-state index in [4.69, 9.17) is 0 Å². The van der Waals surface area contributed by atoms with Gasteiger partial charge in [0, 0.05) is 48.2 Å². The highest BCUT2D eigenvalue weighted by Crippen LogP contribution is 2.40. The smallest absolute Gasteiger partial charge is 0.206 e. The van der Waals surface area contributed by atoms with Crippen molar-refractivity contribution in [2.45, 2.75) is 31.7 Å². The number of hydrogen-bond donors (Lipinski definition) is 2. The molecule has 2 N–H and O–H groups in total. The van der Waals surface area contributed by atoms with E-state index in [0.29, 0.717) is 24.5 Å². The van der Waals surface area contributed by atoms with Crippen molar-refractivity contribution < 1.29 is 9.67 Å². The lowest BCUT2D eigenvalue weighted by Gasteiger charge is -2.36. The minimum atomic E-state index is 0.347. The van der Waals surface area contributed by atoms with Gasteiger partial charge in [0.05, 0.1) is 0 Å². The van der Waals surface area contributed by atoms with E-state index in [0.717, 1.165) is 6.42 Å². The van der Waals surface area contributed by atoms with E-state index in [1.54, 1.807) is 0 Å². The van der Waals surface area contributed by atoms with E-state index in [-0.39, 0.29) is 0 Å². The Labute approximate surface area is 129 Å². The third-order valence-corrected chi connectivity index (χ3v) is 5.94. The summed E-state index contributed by atoms with van der Waals surface area (Å²) in [4.78, 5) is 3.64. The fraction of sp³-hybridized carbons (Fsp3) is 0.421. The van der Waals surface area contributed by atoms with Crippen molar-refractivity contribution in [1.82, 2.24) is 4.98 Å².